The van der Waals surface area contributed by atoms with Gasteiger partial charge < -0.3 is 5.32 Å². The van der Waals surface area contributed by atoms with Crippen molar-refractivity contribution in [3.8, 4) is 0 Å². The van der Waals surface area contributed by atoms with Gasteiger partial charge in [-0.1, -0.05) is 46.3 Å². The van der Waals surface area contributed by atoms with Crippen LogP contribution < -0.4 is 5.32 Å². The van der Waals surface area contributed by atoms with Gasteiger partial charge in [0.25, 0.3) is 0 Å². The lowest BCUT2D eigenvalue weighted by Crippen LogP contribution is -2.39. The molecular weight excluding hydrogens is 380 g/mol. The maximum absolute atomic E-state index is 12.8. The molecule has 0 radical (unpaired) electrons. The maximum atomic E-state index is 12.8. The van der Waals surface area contributed by atoms with Crippen LogP contribution in [0.3, 0.4) is 0 Å². The summed E-state index contributed by atoms with van der Waals surface area (Å²) >= 11 is 3.28. The Morgan fingerprint density at radius 2 is 1.70 bits per heavy atom. The fourth-order valence-corrected chi connectivity index (χ4v) is 3.66. The minimum Gasteiger partial charge on any atom is -0.358 e. The number of nitrogens with zero attached hydrogens (tertiary/aromatic N) is 1. The topological polar surface area (TPSA) is 66.5 Å². The molecule has 0 saturated heterocycles. The molecule has 1 amide bonds. The van der Waals surface area contributed by atoms with Crippen LogP contribution in [0.2, 0.25) is 0 Å². The van der Waals surface area contributed by atoms with E-state index in [9.17, 15) is 13.2 Å². The average Bonchev–Trinajstić information content (AvgIpc) is 2.55. The van der Waals surface area contributed by atoms with Crippen molar-refractivity contribution in [2.45, 2.75) is 11.4 Å². The van der Waals surface area contributed by atoms with Gasteiger partial charge in [0.15, 0.2) is 0 Å². The summed E-state index contributed by atoms with van der Waals surface area (Å²) in [5, 5.41) is 2.46. The normalized spacial score (nSPS) is 11.4. The molecular formula is C16H17BrN2O3S. The van der Waals surface area contributed by atoms with E-state index in [0.29, 0.717) is 0 Å². The van der Waals surface area contributed by atoms with Crippen molar-refractivity contribution >= 4 is 31.9 Å². The van der Waals surface area contributed by atoms with Crippen molar-refractivity contribution in [2.75, 3.05) is 13.6 Å². The van der Waals surface area contributed by atoms with Crippen LogP contribution in [0.1, 0.15) is 5.56 Å². The molecule has 0 aliphatic carbocycles. The third kappa shape index (κ3) is 4.63. The van der Waals surface area contributed by atoms with Crippen molar-refractivity contribution in [3.63, 3.8) is 0 Å². The molecule has 0 spiro atoms. The summed E-state index contributed by atoms with van der Waals surface area (Å²) in [5.74, 6) is -0.360. The van der Waals surface area contributed by atoms with Gasteiger partial charge in [-0.2, -0.15) is 4.31 Å². The van der Waals surface area contributed by atoms with E-state index < -0.39 is 10.0 Å². The molecule has 23 heavy (non-hydrogen) atoms. The number of nitrogens with one attached hydrogen (secondary N) is 1. The molecule has 1 N–H and O–H groups in total. The number of carbonyl (C=O) groups is 1. The van der Waals surface area contributed by atoms with Gasteiger partial charge in [0.2, 0.25) is 15.9 Å². The highest BCUT2D eigenvalue weighted by atomic mass is 79.9. The predicted octanol–water partition coefficient (Wildman–Crippen LogP) is 2.39. The molecule has 7 heteroatoms. The molecule has 5 nitrogen and oxygen atoms in total. The molecule has 0 saturated carbocycles. The fraction of sp³-hybridized carbons (Fsp3) is 0.188. The van der Waals surface area contributed by atoms with Crippen LogP contribution in [0.25, 0.3) is 0 Å². The van der Waals surface area contributed by atoms with E-state index in [0.717, 1.165) is 10.0 Å². The standard InChI is InChI=1S/C16H17BrN2O3S/c1-18-16(20)12-19(11-13-5-3-2-4-6-13)23(21,22)15-9-7-14(17)8-10-15/h2-10H,11-12H2,1H3,(H,18,20). The summed E-state index contributed by atoms with van der Waals surface area (Å²) < 4.78 is 27.6. The molecule has 0 heterocycles. The van der Waals surface area contributed by atoms with Gasteiger partial charge in [0.1, 0.15) is 0 Å². The minimum atomic E-state index is -3.77. The quantitative estimate of drug-likeness (QED) is 0.814. The third-order valence-electron chi connectivity index (χ3n) is 3.25. The summed E-state index contributed by atoms with van der Waals surface area (Å²) in [6.45, 7) is -0.101. The van der Waals surface area contributed by atoms with Crippen molar-refractivity contribution < 1.29 is 13.2 Å². The van der Waals surface area contributed by atoms with E-state index in [1.165, 1.54) is 23.5 Å². The zero-order chi connectivity index (χ0) is 16.9. The van der Waals surface area contributed by atoms with Gasteiger partial charge in [-0.25, -0.2) is 8.42 Å². The molecule has 0 atom stereocenters. The van der Waals surface area contributed by atoms with E-state index in [1.54, 1.807) is 12.1 Å². The summed E-state index contributed by atoms with van der Waals surface area (Å²) in [5.41, 5.74) is 0.817. The second kappa shape index (κ2) is 7.72. The van der Waals surface area contributed by atoms with Crippen molar-refractivity contribution in [2.24, 2.45) is 0 Å². The molecule has 0 aliphatic heterocycles. The van der Waals surface area contributed by atoms with Crippen molar-refractivity contribution in [3.05, 3.63) is 64.6 Å². The minimum absolute atomic E-state index is 0.132. The van der Waals surface area contributed by atoms with Gasteiger partial charge in [0, 0.05) is 18.1 Å². The van der Waals surface area contributed by atoms with Crippen LogP contribution in [-0.2, 0) is 21.4 Å². The number of likely N-dealkylation sites (N-methyl/N-ethyl adjacent to an activating group) is 1. The second-order valence-electron chi connectivity index (χ2n) is 4.89. The van der Waals surface area contributed by atoms with E-state index >= 15 is 0 Å². The third-order valence-corrected chi connectivity index (χ3v) is 5.59. The molecule has 0 unspecified atom stereocenters. The number of halogens is 1. The zero-order valence-corrected chi connectivity index (χ0v) is 15.0. The number of benzene rings is 2. The number of carbonyl (C=O) groups excluding carboxylic acids is 1. The van der Waals surface area contributed by atoms with Gasteiger partial charge >= 0.3 is 0 Å². The summed E-state index contributed by atoms with van der Waals surface area (Å²) in [6, 6.07) is 15.5. The van der Waals surface area contributed by atoms with Crippen molar-refractivity contribution in [1.29, 1.82) is 0 Å². The van der Waals surface area contributed by atoms with Gasteiger partial charge in [0.05, 0.1) is 11.4 Å². The first-order chi connectivity index (χ1) is 10.9. The molecule has 122 valence electrons. The Balaban J connectivity index is 2.35. The van der Waals surface area contributed by atoms with Gasteiger partial charge in [-0.15, -0.1) is 0 Å². The first kappa shape index (κ1) is 17.7. The lowest BCUT2D eigenvalue weighted by atomic mass is 10.2. The Labute approximate surface area is 144 Å². The molecule has 0 fully saturated rings. The monoisotopic (exact) mass is 396 g/mol. The van der Waals surface area contributed by atoms with Crippen LogP contribution >= 0.6 is 15.9 Å². The Kier molecular flexibility index (Phi) is 5.92. The summed E-state index contributed by atoms with van der Waals surface area (Å²) in [6.07, 6.45) is 0. The first-order valence-corrected chi connectivity index (χ1v) is 9.17. The zero-order valence-electron chi connectivity index (χ0n) is 12.6. The van der Waals surface area contributed by atoms with Crippen LogP contribution in [-0.4, -0.2) is 32.2 Å². The summed E-state index contributed by atoms with van der Waals surface area (Å²) in [7, 11) is -2.29. The van der Waals surface area contributed by atoms with E-state index in [-0.39, 0.29) is 23.9 Å². The Morgan fingerprint density at radius 1 is 1.09 bits per heavy atom. The van der Waals surface area contributed by atoms with E-state index in [2.05, 4.69) is 21.2 Å². The second-order valence-corrected chi connectivity index (χ2v) is 7.74. The Morgan fingerprint density at radius 3 is 2.26 bits per heavy atom. The average molecular weight is 397 g/mol. The van der Waals surface area contributed by atoms with Gasteiger partial charge in [-0.05, 0) is 29.8 Å². The number of rotatable bonds is 6. The number of hydrogen-bond donors (Lipinski definition) is 1. The molecule has 0 bridgehead atoms. The van der Waals surface area contributed by atoms with Gasteiger partial charge in [-0.3, -0.25) is 4.79 Å². The molecule has 2 rings (SSSR count). The number of hydrogen-bond acceptors (Lipinski definition) is 3. The Bertz CT molecular complexity index is 762. The lowest BCUT2D eigenvalue weighted by molar-refractivity contribution is -0.120. The summed E-state index contributed by atoms with van der Waals surface area (Å²) in [4.78, 5) is 11.9. The van der Waals surface area contributed by atoms with Crippen molar-refractivity contribution in [1.82, 2.24) is 9.62 Å². The van der Waals surface area contributed by atoms with Crippen LogP contribution in [0.15, 0.2) is 64.0 Å². The largest absolute Gasteiger partial charge is 0.358 e. The van der Waals surface area contributed by atoms with Crippen LogP contribution in [0.4, 0.5) is 0 Å². The highest BCUT2D eigenvalue weighted by molar-refractivity contribution is 9.10. The highest BCUT2D eigenvalue weighted by Crippen LogP contribution is 2.20. The lowest BCUT2D eigenvalue weighted by Gasteiger charge is -2.21. The smallest absolute Gasteiger partial charge is 0.243 e. The number of sulfonamides is 1. The SMILES string of the molecule is CNC(=O)CN(Cc1ccccc1)S(=O)(=O)c1ccc(Br)cc1. The van der Waals surface area contributed by atoms with Crippen LogP contribution in [0.5, 0.6) is 0 Å². The van der Waals surface area contributed by atoms with E-state index in [1.807, 2.05) is 30.3 Å². The molecule has 0 aromatic heterocycles. The fourth-order valence-electron chi connectivity index (χ4n) is 2.01. The maximum Gasteiger partial charge on any atom is 0.243 e. The highest BCUT2D eigenvalue weighted by Gasteiger charge is 2.26. The molecule has 2 aromatic rings. The predicted molar refractivity (Wildman–Crippen MR) is 92.2 cm³/mol. The molecule has 2 aromatic carbocycles. The first-order valence-electron chi connectivity index (χ1n) is 6.93. The van der Waals surface area contributed by atoms with Crippen LogP contribution in [0, 0.1) is 0 Å². The Hall–Kier alpha value is -1.70. The molecule has 0 aliphatic rings. The van der Waals surface area contributed by atoms with E-state index in [4.69, 9.17) is 0 Å². The number of amides is 1.